The van der Waals surface area contributed by atoms with Crippen LogP contribution in [0.15, 0.2) is 35.6 Å². The minimum Gasteiger partial charge on any atom is -0.491 e. The maximum absolute atomic E-state index is 12.9. The first-order valence-electron chi connectivity index (χ1n) is 8.41. The van der Waals surface area contributed by atoms with Gasteiger partial charge in [-0.15, -0.1) is 0 Å². The number of aliphatic imine (C=N–C) groups is 1. The van der Waals surface area contributed by atoms with Gasteiger partial charge in [-0.05, 0) is 32.4 Å². The number of halogens is 2. The van der Waals surface area contributed by atoms with Crippen molar-refractivity contribution in [2.24, 2.45) is 4.99 Å². The number of imidazole rings is 1. The number of nitrogens with zero attached hydrogens (tertiary/aromatic N) is 3. The first-order valence-corrected chi connectivity index (χ1v) is 8.41. The molecule has 0 aliphatic carbocycles. The Morgan fingerprint density at radius 2 is 2.00 bits per heavy atom. The highest BCUT2D eigenvalue weighted by Gasteiger charge is 2.12. The summed E-state index contributed by atoms with van der Waals surface area (Å²) >= 11 is 0. The number of aromatic nitrogens is 2. The molecule has 6 nitrogen and oxygen atoms in total. The molecule has 0 spiro atoms. The van der Waals surface area contributed by atoms with Gasteiger partial charge in [0, 0.05) is 31.5 Å². The van der Waals surface area contributed by atoms with Crippen LogP contribution >= 0.6 is 0 Å². The van der Waals surface area contributed by atoms with Crippen molar-refractivity contribution >= 4 is 5.96 Å². The van der Waals surface area contributed by atoms with Gasteiger partial charge in [0.1, 0.15) is 11.6 Å². The molecular weight excluding hydrogens is 340 g/mol. The summed E-state index contributed by atoms with van der Waals surface area (Å²) in [6.45, 7) is 3.98. The zero-order valence-electron chi connectivity index (χ0n) is 15.5. The van der Waals surface area contributed by atoms with E-state index in [1.807, 2.05) is 39.0 Å². The van der Waals surface area contributed by atoms with Gasteiger partial charge in [-0.3, -0.25) is 9.56 Å². The number of nitrogens with one attached hydrogen (secondary N) is 2. The first-order chi connectivity index (χ1) is 12.4. The fraction of sp³-hybridized carbons (Fsp3) is 0.444. The molecule has 1 aromatic heterocycles. The minimum atomic E-state index is -2.62. The molecule has 2 N–H and O–H groups in total. The van der Waals surface area contributed by atoms with E-state index >= 15 is 0 Å². The lowest BCUT2D eigenvalue weighted by molar-refractivity contribution is 0.0668. The van der Waals surface area contributed by atoms with Gasteiger partial charge in [0.25, 0.3) is 0 Å². The maximum atomic E-state index is 12.9. The van der Waals surface area contributed by atoms with Crippen molar-refractivity contribution in [3.8, 4) is 5.75 Å². The number of benzene rings is 1. The summed E-state index contributed by atoms with van der Waals surface area (Å²) in [7, 11) is 1.62. The van der Waals surface area contributed by atoms with Crippen molar-refractivity contribution in [2.75, 3.05) is 7.05 Å². The third-order valence-electron chi connectivity index (χ3n) is 3.63. The monoisotopic (exact) mass is 365 g/mol. The molecular formula is C18H25F2N5O. The van der Waals surface area contributed by atoms with E-state index in [0.29, 0.717) is 12.5 Å². The van der Waals surface area contributed by atoms with Gasteiger partial charge in [-0.25, -0.2) is 4.98 Å². The maximum Gasteiger partial charge on any atom is 0.319 e. The topological polar surface area (TPSA) is 63.5 Å². The predicted octanol–water partition coefficient (Wildman–Crippen LogP) is 3.24. The molecule has 0 saturated heterocycles. The van der Waals surface area contributed by atoms with Crippen LogP contribution < -0.4 is 15.4 Å². The normalized spacial score (nSPS) is 11.9. The molecule has 1 heterocycles. The second kappa shape index (κ2) is 9.17. The van der Waals surface area contributed by atoms with Crippen LogP contribution in [0.25, 0.3) is 0 Å². The van der Waals surface area contributed by atoms with E-state index in [1.54, 1.807) is 7.05 Å². The van der Waals surface area contributed by atoms with E-state index in [4.69, 9.17) is 4.74 Å². The van der Waals surface area contributed by atoms with Crippen LogP contribution in [0.4, 0.5) is 8.78 Å². The van der Waals surface area contributed by atoms with Gasteiger partial charge in [-0.2, -0.15) is 8.78 Å². The second-order valence-electron chi connectivity index (χ2n) is 6.09. The van der Waals surface area contributed by atoms with Crippen molar-refractivity contribution in [3.63, 3.8) is 0 Å². The lowest BCUT2D eigenvalue weighted by Gasteiger charge is -2.17. The number of hydrogen-bond acceptors (Lipinski definition) is 3. The van der Waals surface area contributed by atoms with Crippen LogP contribution in [0.2, 0.25) is 0 Å². The number of aryl methyl sites for hydroxylation is 1. The van der Waals surface area contributed by atoms with Crippen molar-refractivity contribution in [1.29, 1.82) is 0 Å². The lowest BCUT2D eigenvalue weighted by atomic mass is 10.1. The highest BCUT2D eigenvalue weighted by Crippen LogP contribution is 2.21. The van der Waals surface area contributed by atoms with Crippen LogP contribution in [0, 0.1) is 6.92 Å². The van der Waals surface area contributed by atoms with Crippen molar-refractivity contribution < 1.29 is 13.5 Å². The Morgan fingerprint density at radius 3 is 2.65 bits per heavy atom. The molecule has 0 saturated carbocycles. The number of rotatable bonds is 7. The summed E-state index contributed by atoms with van der Waals surface area (Å²) in [6.07, 6.45) is 2.67. The SMILES string of the molecule is CN=C(NCc1ccc(C)cc1OC(C)C)NCc1nccn1C(F)F. The molecule has 0 radical (unpaired) electrons. The van der Waals surface area contributed by atoms with E-state index in [-0.39, 0.29) is 18.5 Å². The lowest BCUT2D eigenvalue weighted by Crippen LogP contribution is -2.37. The Hall–Kier alpha value is -2.64. The Balaban J connectivity index is 1.98. The van der Waals surface area contributed by atoms with Gasteiger partial charge in [0.15, 0.2) is 5.96 Å². The Bertz CT molecular complexity index is 743. The first kappa shape index (κ1) is 19.7. The largest absolute Gasteiger partial charge is 0.491 e. The molecule has 26 heavy (non-hydrogen) atoms. The molecule has 142 valence electrons. The van der Waals surface area contributed by atoms with E-state index in [9.17, 15) is 8.78 Å². The van der Waals surface area contributed by atoms with Crippen molar-refractivity contribution in [3.05, 3.63) is 47.5 Å². The summed E-state index contributed by atoms with van der Waals surface area (Å²) in [4.78, 5) is 8.05. The van der Waals surface area contributed by atoms with E-state index in [1.165, 1.54) is 12.4 Å². The Labute approximate surface area is 152 Å². The third-order valence-corrected chi connectivity index (χ3v) is 3.63. The van der Waals surface area contributed by atoms with Gasteiger partial charge in [-0.1, -0.05) is 12.1 Å². The average molecular weight is 365 g/mol. The smallest absolute Gasteiger partial charge is 0.319 e. The Morgan fingerprint density at radius 1 is 1.27 bits per heavy atom. The highest BCUT2D eigenvalue weighted by molar-refractivity contribution is 5.79. The van der Waals surface area contributed by atoms with Crippen molar-refractivity contribution in [1.82, 2.24) is 20.2 Å². The van der Waals surface area contributed by atoms with E-state index in [0.717, 1.165) is 21.4 Å². The molecule has 0 amide bonds. The van der Waals surface area contributed by atoms with E-state index < -0.39 is 6.55 Å². The molecule has 0 bridgehead atoms. The number of alkyl halides is 2. The zero-order valence-corrected chi connectivity index (χ0v) is 15.5. The predicted molar refractivity (Wildman–Crippen MR) is 97.5 cm³/mol. The van der Waals surface area contributed by atoms with Gasteiger partial charge in [0.05, 0.1) is 12.6 Å². The molecule has 0 fully saturated rings. The fourth-order valence-electron chi connectivity index (χ4n) is 2.39. The summed E-state index contributed by atoms with van der Waals surface area (Å²) in [6, 6.07) is 6.00. The van der Waals surface area contributed by atoms with Crippen LogP contribution in [-0.4, -0.2) is 28.7 Å². The standard InChI is InChI=1S/C18H25F2N5O/c1-12(2)26-15-9-13(3)5-6-14(15)10-23-18(21-4)24-11-16-22-7-8-25(16)17(19)20/h5-9,12,17H,10-11H2,1-4H3,(H2,21,23,24). The fourth-order valence-corrected chi connectivity index (χ4v) is 2.39. The van der Waals surface area contributed by atoms with Crippen LogP contribution in [0.1, 0.15) is 37.3 Å². The summed E-state index contributed by atoms with van der Waals surface area (Å²) in [5, 5.41) is 6.15. The minimum absolute atomic E-state index is 0.0706. The number of ether oxygens (including phenoxy) is 1. The molecule has 0 atom stereocenters. The molecule has 0 aliphatic rings. The van der Waals surface area contributed by atoms with Crippen LogP contribution in [0.3, 0.4) is 0 Å². The Kier molecular flexibility index (Phi) is 6.94. The molecule has 2 aromatic rings. The van der Waals surface area contributed by atoms with Crippen LogP contribution in [-0.2, 0) is 13.1 Å². The average Bonchev–Trinajstić information content (AvgIpc) is 3.05. The van der Waals surface area contributed by atoms with Crippen LogP contribution in [0.5, 0.6) is 5.75 Å². The molecule has 2 rings (SSSR count). The molecule has 0 aliphatic heterocycles. The number of guanidine groups is 1. The quantitative estimate of drug-likeness (QED) is 0.584. The number of hydrogen-bond donors (Lipinski definition) is 2. The van der Waals surface area contributed by atoms with Gasteiger partial charge in [0.2, 0.25) is 0 Å². The van der Waals surface area contributed by atoms with Gasteiger partial charge < -0.3 is 15.4 Å². The molecule has 1 aromatic carbocycles. The summed E-state index contributed by atoms with van der Waals surface area (Å²) < 4.78 is 32.4. The third kappa shape index (κ3) is 5.44. The second-order valence-corrected chi connectivity index (χ2v) is 6.09. The summed E-state index contributed by atoms with van der Waals surface area (Å²) in [5.41, 5.74) is 2.10. The zero-order chi connectivity index (χ0) is 19.1. The highest BCUT2D eigenvalue weighted by atomic mass is 19.3. The van der Waals surface area contributed by atoms with Crippen molar-refractivity contribution in [2.45, 2.75) is 46.5 Å². The van der Waals surface area contributed by atoms with Gasteiger partial charge >= 0.3 is 6.55 Å². The molecule has 8 heteroatoms. The molecule has 0 unspecified atom stereocenters. The summed E-state index contributed by atoms with van der Waals surface area (Å²) in [5.74, 6) is 1.54. The van der Waals surface area contributed by atoms with E-state index in [2.05, 4.69) is 20.6 Å².